The Labute approximate surface area is 101 Å². The molecule has 1 aromatic rings. The predicted molar refractivity (Wildman–Crippen MR) is 60.6 cm³/mol. The van der Waals surface area contributed by atoms with Gasteiger partial charge in [0.25, 0.3) is 0 Å². The largest absolute Gasteiger partial charge is 0.434 e. The standard InChI is InChI=1S/C11H12BrF2NO/c12-9-5-7(6-15-8-2-3-8)1-4-10(9)16-11(13)14/h1,4-5,8,11,15H,2-3,6H2. The van der Waals surface area contributed by atoms with Crippen LogP contribution in [0.1, 0.15) is 18.4 Å². The number of rotatable bonds is 5. The minimum atomic E-state index is -2.79. The summed E-state index contributed by atoms with van der Waals surface area (Å²) < 4.78 is 28.9. The summed E-state index contributed by atoms with van der Waals surface area (Å²) in [7, 11) is 0. The molecule has 1 aliphatic carbocycles. The summed E-state index contributed by atoms with van der Waals surface area (Å²) in [6.07, 6.45) is 2.46. The van der Waals surface area contributed by atoms with Crippen LogP contribution in [0.5, 0.6) is 5.75 Å². The van der Waals surface area contributed by atoms with E-state index in [1.165, 1.54) is 12.8 Å². The van der Waals surface area contributed by atoms with Gasteiger partial charge in [-0.05, 0) is 46.5 Å². The van der Waals surface area contributed by atoms with Gasteiger partial charge in [0.2, 0.25) is 0 Å². The van der Waals surface area contributed by atoms with Gasteiger partial charge in [-0.1, -0.05) is 6.07 Å². The molecule has 5 heteroatoms. The summed E-state index contributed by atoms with van der Waals surface area (Å²) in [5, 5.41) is 3.35. The molecule has 1 N–H and O–H groups in total. The second-order valence-corrected chi connectivity index (χ2v) is 4.65. The molecule has 88 valence electrons. The van der Waals surface area contributed by atoms with E-state index in [4.69, 9.17) is 0 Å². The van der Waals surface area contributed by atoms with Crippen molar-refractivity contribution in [2.24, 2.45) is 0 Å². The Morgan fingerprint density at radius 2 is 2.19 bits per heavy atom. The van der Waals surface area contributed by atoms with E-state index in [0.717, 1.165) is 12.1 Å². The lowest BCUT2D eigenvalue weighted by Crippen LogP contribution is -2.15. The molecule has 0 aliphatic heterocycles. The number of hydrogen-bond acceptors (Lipinski definition) is 2. The normalized spacial score (nSPS) is 15.5. The van der Waals surface area contributed by atoms with Crippen LogP contribution in [0.25, 0.3) is 0 Å². The van der Waals surface area contributed by atoms with Gasteiger partial charge in [0.15, 0.2) is 0 Å². The molecule has 0 radical (unpaired) electrons. The Hall–Kier alpha value is -0.680. The van der Waals surface area contributed by atoms with E-state index in [1.54, 1.807) is 18.2 Å². The molecule has 0 saturated heterocycles. The molecule has 0 spiro atoms. The Bertz CT molecular complexity index is 369. The summed E-state index contributed by atoms with van der Waals surface area (Å²) >= 11 is 3.21. The Morgan fingerprint density at radius 1 is 1.44 bits per heavy atom. The zero-order valence-corrected chi connectivity index (χ0v) is 10.1. The molecule has 1 aliphatic rings. The van der Waals surface area contributed by atoms with Gasteiger partial charge in [0, 0.05) is 12.6 Å². The van der Waals surface area contributed by atoms with Gasteiger partial charge >= 0.3 is 6.61 Å². The second kappa shape index (κ2) is 5.10. The molecule has 0 unspecified atom stereocenters. The van der Waals surface area contributed by atoms with Crippen LogP contribution in [0, 0.1) is 0 Å². The van der Waals surface area contributed by atoms with Crippen molar-refractivity contribution in [3.63, 3.8) is 0 Å². The molecular weight excluding hydrogens is 280 g/mol. The molecule has 2 rings (SSSR count). The van der Waals surface area contributed by atoms with Crippen molar-refractivity contribution in [3.8, 4) is 5.75 Å². The molecule has 1 saturated carbocycles. The summed E-state index contributed by atoms with van der Waals surface area (Å²) in [6.45, 7) is -2.02. The summed E-state index contributed by atoms with van der Waals surface area (Å²) in [6, 6.07) is 5.78. The van der Waals surface area contributed by atoms with E-state index in [9.17, 15) is 8.78 Å². The van der Waals surface area contributed by atoms with Gasteiger partial charge in [0.05, 0.1) is 4.47 Å². The first-order valence-electron chi connectivity index (χ1n) is 5.12. The minimum Gasteiger partial charge on any atom is -0.434 e. The van der Waals surface area contributed by atoms with Crippen LogP contribution in [0.3, 0.4) is 0 Å². The van der Waals surface area contributed by atoms with Crippen molar-refractivity contribution in [2.75, 3.05) is 0 Å². The van der Waals surface area contributed by atoms with E-state index in [0.29, 0.717) is 10.5 Å². The summed E-state index contributed by atoms with van der Waals surface area (Å²) in [4.78, 5) is 0. The lowest BCUT2D eigenvalue weighted by molar-refractivity contribution is -0.0503. The number of ether oxygens (including phenoxy) is 1. The van der Waals surface area contributed by atoms with Gasteiger partial charge in [-0.25, -0.2) is 0 Å². The first kappa shape index (κ1) is 11.8. The molecule has 0 heterocycles. The smallest absolute Gasteiger partial charge is 0.387 e. The lowest BCUT2D eigenvalue weighted by Gasteiger charge is -2.09. The van der Waals surface area contributed by atoms with E-state index in [1.807, 2.05) is 0 Å². The van der Waals surface area contributed by atoms with E-state index >= 15 is 0 Å². The number of halogens is 3. The molecule has 0 amide bonds. The van der Waals surface area contributed by atoms with Gasteiger partial charge in [-0.3, -0.25) is 0 Å². The van der Waals surface area contributed by atoms with Crippen LogP contribution in [0.4, 0.5) is 8.78 Å². The Morgan fingerprint density at radius 3 is 2.75 bits per heavy atom. The molecule has 0 aromatic heterocycles. The van der Waals surface area contributed by atoms with E-state index in [2.05, 4.69) is 26.0 Å². The Kier molecular flexibility index (Phi) is 3.76. The number of hydrogen-bond donors (Lipinski definition) is 1. The predicted octanol–water partition coefficient (Wildman–Crippen LogP) is 3.30. The summed E-state index contributed by atoms with van der Waals surface area (Å²) in [5.74, 6) is 0.171. The van der Waals surface area contributed by atoms with E-state index in [-0.39, 0.29) is 5.75 Å². The highest BCUT2D eigenvalue weighted by atomic mass is 79.9. The van der Waals surface area contributed by atoms with Crippen LogP contribution < -0.4 is 10.1 Å². The van der Waals surface area contributed by atoms with Crippen LogP contribution >= 0.6 is 15.9 Å². The van der Waals surface area contributed by atoms with Crippen molar-refractivity contribution >= 4 is 15.9 Å². The van der Waals surface area contributed by atoms with Crippen molar-refractivity contribution in [1.29, 1.82) is 0 Å². The zero-order valence-electron chi connectivity index (χ0n) is 8.55. The van der Waals surface area contributed by atoms with Crippen LogP contribution in [0.15, 0.2) is 22.7 Å². The highest BCUT2D eigenvalue weighted by Crippen LogP contribution is 2.28. The highest BCUT2D eigenvalue weighted by molar-refractivity contribution is 9.10. The maximum atomic E-state index is 12.0. The number of nitrogens with one attached hydrogen (secondary N) is 1. The highest BCUT2D eigenvalue weighted by Gasteiger charge is 2.20. The number of benzene rings is 1. The fraction of sp³-hybridized carbons (Fsp3) is 0.455. The van der Waals surface area contributed by atoms with Gasteiger partial charge in [0.1, 0.15) is 5.75 Å². The van der Waals surface area contributed by atoms with Crippen LogP contribution in [-0.2, 0) is 6.54 Å². The number of alkyl halides is 2. The van der Waals surface area contributed by atoms with Crippen molar-refractivity contribution in [1.82, 2.24) is 5.32 Å². The maximum absolute atomic E-state index is 12.0. The third-order valence-electron chi connectivity index (χ3n) is 2.38. The average Bonchev–Trinajstić information content (AvgIpc) is 3.02. The fourth-order valence-electron chi connectivity index (χ4n) is 1.40. The third-order valence-corrected chi connectivity index (χ3v) is 3.00. The van der Waals surface area contributed by atoms with Crippen molar-refractivity contribution in [3.05, 3.63) is 28.2 Å². The third kappa shape index (κ3) is 3.42. The zero-order chi connectivity index (χ0) is 11.5. The molecule has 0 atom stereocenters. The van der Waals surface area contributed by atoms with Gasteiger partial charge in [-0.15, -0.1) is 0 Å². The average molecular weight is 292 g/mol. The van der Waals surface area contributed by atoms with Crippen LogP contribution in [0.2, 0.25) is 0 Å². The first-order chi connectivity index (χ1) is 7.65. The molecule has 1 fully saturated rings. The van der Waals surface area contributed by atoms with Crippen molar-refractivity contribution < 1.29 is 13.5 Å². The maximum Gasteiger partial charge on any atom is 0.387 e. The van der Waals surface area contributed by atoms with Gasteiger partial charge < -0.3 is 10.1 Å². The van der Waals surface area contributed by atoms with Gasteiger partial charge in [-0.2, -0.15) is 8.78 Å². The van der Waals surface area contributed by atoms with Crippen LogP contribution in [-0.4, -0.2) is 12.7 Å². The van der Waals surface area contributed by atoms with Crippen molar-refractivity contribution in [2.45, 2.75) is 32.0 Å². The summed E-state index contributed by atoms with van der Waals surface area (Å²) in [5.41, 5.74) is 1.06. The quantitative estimate of drug-likeness (QED) is 0.899. The molecular formula is C11H12BrF2NO. The first-order valence-corrected chi connectivity index (χ1v) is 5.91. The monoisotopic (exact) mass is 291 g/mol. The lowest BCUT2D eigenvalue weighted by atomic mass is 10.2. The van der Waals surface area contributed by atoms with E-state index < -0.39 is 6.61 Å². The Balaban J connectivity index is 1.97. The topological polar surface area (TPSA) is 21.3 Å². The molecule has 1 aromatic carbocycles. The molecule has 0 bridgehead atoms. The minimum absolute atomic E-state index is 0.171. The molecule has 2 nitrogen and oxygen atoms in total. The SMILES string of the molecule is FC(F)Oc1ccc(CNC2CC2)cc1Br. The molecule has 16 heavy (non-hydrogen) atoms. The second-order valence-electron chi connectivity index (χ2n) is 3.80. The fourth-order valence-corrected chi connectivity index (χ4v) is 1.92.